The SMILES string of the molecule is CCOC(=O)[C@]1(C)C=C(O[Si](C)(C)C(C)(C)C)C(=O)O1. The van der Waals surface area contributed by atoms with Gasteiger partial charge in [-0.3, -0.25) is 0 Å². The van der Waals surface area contributed by atoms with E-state index in [2.05, 4.69) is 20.8 Å². The van der Waals surface area contributed by atoms with Crippen LogP contribution in [-0.2, 0) is 23.5 Å². The smallest absolute Gasteiger partial charge is 0.373 e. The Morgan fingerprint density at radius 2 is 1.95 bits per heavy atom. The van der Waals surface area contributed by atoms with E-state index in [4.69, 9.17) is 13.9 Å². The number of cyclic esters (lactones) is 1. The molecule has 1 aliphatic rings. The highest BCUT2D eigenvalue weighted by Crippen LogP contribution is 2.39. The number of ether oxygens (including phenoxy) is 2. The third-order valence-electron chi connectivity index (χ3n) is 3.76. The monoisotopic (exact) mass is 300 g/mol. The second kappa shape index (κ2) is 5.24. The number of rotatable bonds is 4. The van der Waals surface area contributed by atoms with Crippen LogP contribution >= 0.6 is 0 Å². The molecule has 1 heterocycles. The first-order valence-electron chi connectivity index (χ1n) is 6.75. The van der Waals surface area contributed by atoms with Crippen molar-refractivity contribution in [1.82, 2.24) is 0 Å². The average Bonchev–Trinajstić information content (AvgIpc) is 2.53. The second-order valence-electron chi connectivity index (χ2n) is 6.59. The lowest BCUT2D eigenvalue weighted by molar-refractivity contribution is -0.170. The molecule has 1 rings (SSSR count). The van der Waals surface area contributed by atoms with Crippen LogP contribution in [0.5, 0.6) is 0 Å². The molecule has 1 aliphatic heterocycles. The quantitative estimate of drug-likeness (QED) is 0.590. The Balaban J connectivity index is 2.97. The Labute approximate surface area is 121 Å². The predicted octanol–water partition coefficient (Wildman–Crippen LogP) is 2.77. The van der Waals surface area contributed by atoms with Gasteiger partial charge < -0.3 is 13.9 Å². The molecule has 0 amide bonds. The van der Waals surface area contributed by atoms with E-state index in [1.807, 2.05) is 13.1 Å². The van der Waals surface area contributed by atoms with E-state index in [-0.39, 0.29) is 17.4 Å². The Morgan fingerprint density at radius 1 is 1.40 bits per heavy atom. The summed E-state index contributed by atoms with van der Waals surface area (Å²) in [6.45, 7) is 13.7. The first-order chi connectivity index (χ1) is 8.93. The predicted molar refractivity (Wildman–Crippen MR) is 77.5 cm³/mol. The molecular weight excluding hydrogens is 276 g/mol. The number of esters is 2. The van der Waals surface area contributed by atoms with Gasteiger partial charge in [0, 0.05) is 6.08 Å². The molecule has 5 nitrogen and oxygen atoms in total. The summed E-state index contributed by atoms with van der Waals surface area (Å²) in [7, 11) is -2.15. The molecule has 0 spiro atoms. The zero-order valence-corrected chi connectivity index (χ0v) is 14.3. The molecule has 0 aromatic carbocycles. The van der Waals surface area contributed by atoms with Crippen molar-refractivity contribution in [1.29, 1.82) is 0 Å². The molecule has 0 bridgehead atoms. The van der Waals surface area contributed by atoms with Crippen molar-refractivity contribution < 1.29 is 23.5 Å². The van der Waals surface area contributed by atoms with E-state index >= 15 is 0 Å². The standard InChI is InChI=1S/C14H24O5Si/c1-8-17-12(16)14(5)9-10(11(15)18-14)19-20(6,7)13(2,3)4/h9H,8H2,1-7H3/t14-/m0/s1. The van der Waals surface area contributed by atoms with Crippen molar-refractivity contribution >= 4 is 20.3 Å². The highest BCUT2D eigenvalue weighted by atomic mass is 28.4. The van der Waals surface area contributed by atoms with Gasteiger partial charge in [0.15, 0.2) is 5.76 Å². The van der Waals surface area contributed by atoms with Crippen molar-refractivity contribution in [2.45, 2.75) is 58.4 Å². The maximum atomic E-state index is 11.9. The van der Waals surface area contributed by atoms with Gasteiger partial charge in [-0.2, -0.15) is 0 Å². The summed E-state index contributed by atoms with van der Waals surface area (Å²) in [5.41, 5.74) is -1.38. The van der Waals surface area contributed by atoms with Crippen molar-refractivity contribution in [2.24, 2.45) is 0 Å². The molecule has 0 radical (unpaired) electrons. The number of carbonyl (C=O) groups excluding carboxylic acids is 2. The van der Waals surface area contributed by atoms with Crippen LogP contribution in [0, 0.1) is 0 Å². The molecule has 0 aromatic rings. The minimum Gasteiger partial charge on any atom is -0.539 e. The van der Waals surface area contributed by atoms with Gasteiger partial charge in [0.05, 0.1) is 6.61 Å². The summed E-state index contributed by atoms with van der Waals surface area (Å²) in [5.74, 6) is -1.07. The van der Waals surface area contributed by atoms with E-state index < -0.39 is 25.9 Å². The molecule has 0 aliphatic carbocycles. The fourth-order valence-electron chi connectivity index (χ4n) is 1.46. The van der Waals surface area contributed by atoms with Crippen LogP contribution in [0.1, 0.15) is 34.6 Å². The fourth-order valence-corrected chi connectivity index (χ4v) is 2.45. The first-order valence-corrected chi connectivity index (χ1v) is 9.66. The summed E-state index contributed by atoms with van der Waals surface area (Å²) in [5, 5.41) is -0.0446. The maximum absolute atomic E-state index is 11.9. The van der Waals surface area contributed by atoms with Crippen molar-refractivity contribution in [3.63, 3.8) is 0 Å². The van der Waals surface area contributed by atoms with Crippen molar-refractivity contribution in [3.05, 3.63) is 11.8 Å². The maximum Gasteiger partial charge on any atom is 0.373 e. The lowest BCUT2D eigenvalue weighted by atomic mass is 10.1. The normalized spacial score (nSPS) is 23.1. The van der Waals surface area contributed by atoms with Crippen molar-refractivity contribution in [3.8, 4) is 0 Å². The molecule has 1 atom stereocenters. The van der Waals surface area contributed by atoms with Crippen LogP contribution in [-0.4, -0.2) is 32.5 Å². The summed E-state index contributed by atoms with van der Waals surface area (Å²) >= 11 is 0. The Hall–Kier alpha value is -1.30. The fraction of sp³-hybridized carbons (Fsp3) is 0.714. The summed E-state index contributed by atoms with van der Waals surface area (Å²) in [6, 6.07) is 0. The van der Waals surface area contributed by atoms with Crippen molar-refractivity contribution in [2.75, 3.05) is 6.61 Å². The van der Waals surface area contributed by atoms with Crippen LogP contribution in [0.15, 0.2) is 11.8 Å². The summed E-state index contributed by atoms with van der Waals surface area (Å²) < 4.78 is 16.0. The van der Waals surface area contributed by atoms with Crippen LogP contribution in [0.4, 0.5) is 0 Å². The summed E-state index contributed by atoms with van der Waals surface area (Å²) in [6.07, 6.45) is 1.42. The highest BCUT2D eigenvalue weighted by molar-refractivity contribution is 6.74. The van der Waals surface area contributed by atoms with E-state index in [1.54, 1.807) is 6.92 Å². The Kier molecular flexibility index (Phi) is 4.39. The minimum absolute atomic E-state index is 0.0446. The third-order valence-corrected chi connectivity index (χ3v) is 8.11. The largest absolute Gasteiger partial charge is 0.539 e. The van der Waals surface area contributed by atoms with Crippen LogP contribution in [0.2, 0.25) is 18.1 Å². The van der Waals surface area contributed by atoms with Gasteiger partial charge in [-0.05, 0) is 32.0 Å². The van der Waals surface area contributed by atoms with E-state index in [0.29, 0.717) is 0 Å². The molecule has 0 saturated carbocycles. The Morgan fingerprint density at radius 3 is 2.40 bits per heavy atom. The van der Waals surface area contributed by atoms with Gasteiger partial charge in [0.1, 0.15) is 0 Å². The zero-order valence-electron chi connectivity index (χ0n) is 13.3. The van der Waals surface area contributed by atoms with Crippen LogP contribution in [0.3, 0.4) is 0 Å². The van der Waals surface area contributed by atoms with Crippen LogP contribution in [0.25, 0.3) is 0 Å². The Bertz CT molecular complexity index is 447. The molecular formula is C14H24O5Si. The number of hydrogen-bond acceptors (Lipinski definition) is 5. The van der Waals surface area contributed by atoms with Gasteiger partial charge in [-0.15, -0.1) is 0 Å². The third kappa shape index (κ3) is 3.23. The molecule has 0 N–H and O–H groups in total. The van der Waals surface area contributed by atoms with Gasteiger partial charge >= 0.3 is 11.9 Å². The zero-order chi connectivity index (χ0) is 15.8. The lowest BCUT2D eigenvalue weighted by Gasteiger charge is -2.36. The number of carbonyl (C=O) groups is 2. The first kappa shape index (κ1) is 16.8. The van der Waals surface area contributed by atoms with E-state index in [9.17, 15) is 9.59 Å². The summed E-state index contributed by atoms with van der Waals surface area (Å²) in [4.78, 5) is 23.7. The van der Waals surface area contributed by atoms with E-state index in [1.165, 1.54) is 13.0 Å². The van der Waals surface area contributed by atoms with Gasteiger partial charge in [0.2, 0.25) is 5.60 Å². The molecule has 0 saturated heterocycles. The highest BCUT2D eigenvalue weighted by Gasteiger charge is 2.48. The minimum atomic E-state index is -2.15. The second-order valence-corrected chi connectivity index (χ2v) is 11.3. The molecule has 114 valence electrons. The molecule has 0 unspecified atom stereocenters. The van der Waals surface area contributed by atoms with Gasteiger partial charge in [-0.25, -0.2) is 9.59 Å². The van der Waals surface area contributed by atoms with Gasteiger partial charge in [-0.1, -0.05) is 20.8 Å². The van der Waals surface area contributed by atoms with Crippen LogP contribution < -0.4 is 0 Å². The topological polar surface area (TPSA) is 61.8 Å². The molecule has 0 fully saturated rings. The molecule has 6 heteroatoms. The lowest BCUT2D eigenvalue weighted by Crippen LogP contribution is -2.41. The molecule has 0 aromatic heterocycles. The van der Waals surface area contributed by atoms with Gasteiger partial charge in [0.25, 0.3) is 8.32 Å². The molecule has 20 heavy (non-hydrogen) atoms. The van der Waals surface area contributed by atoms with E-state index in [0.717, 1.165) is 0 Å². The number of hydrogen-bond donors (Lipinski definition) is 0. The average molecular weight is 300 g/mol.